The maximum Gasteiger partial charge on any atom is 0.242 e. The van der Waals surface area contributed by atoms with Gasteiger partial charge in [-0.05, 0) is 39.5 Å². The van der Waals surface area contributed by atoms with Crippen LogP contribution in [-0.4, -0.2) is 17.1 Å². The number of aromatic nitrogens is 1. The Bertz CT molecular complexity index is 823. The molecule has 0 aliphatic rings. The number of carbonyl (C=O) groups excluding carboxylic acids is 2. The molecule has 20 heavy (non-hydrogen) atoms. The van der Waals surface area contributed by atoms with Crippen LogP contribution < -0.4 is 0 Å². The zero-order valence-electron chi connectivity index (χ0n) is 9.94. The molecule has 0 amide bonds. The molecule has 3 aromatic rings. The molecule has 2 heterocycles. The number of fused-ring (bicyclic) bond motifs is 1. The Morgan fingerprint density at radius 1 is 1.40 bits per heavy atom. The van der Waals surface area contributed by atoms with Gasteiger partial charge in [-0.15, -0.1) is 11.3 Å². The highest BCUT2D eigenvalue weighted by atomic mass is 79.9. The van der Waals surface area contributed by atoms with Gasteiger partial charge in [-0.2, -0.15) is 0 Å². The summed E-state index contributed by atoms with van der Waals surface area (Å²) in [5, 5.41) is 3.30. The average molecular weight is 369 g/mol. The van der Waals surface area contributed by atoms with Gasteiger partial charge in [0.25, 0.3) is 0 Å². The van der Waals surface area contributed by atoms with E-state index < -0.39 is 5.78 Å². The summed E-state index contributed by atoms with van der Waals surface area (Å²) in [4.78, 5) is 26.6. The summed E-state index contributed by atoms with van der Waals surface area (Å²) in [5.41, 5.74) is 1.78. The number of H-pyrrole nitrogens is 1. The first-order valence-corrected chi connectivity index (χ1v) is 7.71. The highest BCUT2D eigenvalue weighted by molar-refractivity contribution is 9.10. The van der Waals surface area contributed by atoms with Crippen LogP contribution in [0, 0.1) is 0 Å². The number of carbonyl (C=O) groups is 2. The van der Waals surface area contributed by atoms with E-state index >= 15 is 0 Å². The monoisotopic (exact) mass is 367 g/mol. The molecule has 0 spiro atoms. The molecular weight excluding hydrogens is 362 g/mol. The van der Waals surface area contributed by atoms with Gasteiger partial charge in [-0.1, -0.05) is 17.7 Å². The molecule has 0 radical (unpaired) electrons. The van der Waals surface area contributed by atoms with Crippen molar-refractivity contribution in [3.8, 4) is 10.4 Å². The molecule has 0 saturated heterocycles. The lowest BCUT2D eigenvalue weighted by Crippen LogP contribution is -2.01. The number of ketones is 1. The van der Waals surface area contributed by atoms with Crippen LogP contribution in [0.3, 0.4) is 0 Å². The highest BCUT2D eigenvalue weighted by Crippen LogP contribution is 2.38. The molecule has 0 unspecified atom stereocenters. The second-order valence-electron chi connectivity index (χ2n) is 4.15. The number of benzene rings is 1. The van der Waals surface area contributed by atoms with E-state index in [1.54, 1.807) is 12.1 Å². The largest absolute Gasteiger partial charge is 0.351 e. The molecule has 6 heteroatoms. The maximum atomic E-state index is 11.8. The molecule has 0 atom stereocenters. The van der Waals surface area contributed by atoms with Crippen LogP contribution in [0.25, 0.3) is 21.3 Å². The van der Waals surface area contributed by atoms with Gasteiger partial charge in [0, 0.05) is 25.8 Å². The Morgan fingerprint density at radius 2 is 2.20 bits per heavy atom. The third-order valence-electron chi connectivity index (χ3n) is 2.96. The number of thiophene rings is 1. The van der Waals surface area contributed by atoms with Crippen molar-refractivity contribution in [3.05, 3.63) is 44.8 Å². The van der Waals surface area contributed by atoms with Crippen molar-refractivity contribution in [3.63, 3.8) is 0 Å². The van der Waals surface area contributed by atoms with E-state index in [1.165, 1.54) is 11.3 Å². The fourth-order valence-corrected chi connectivity index (χ4v) is 3.41. The van der Waals surface area contributed by atoms with Crippen LogP contribution in [0.1, 0.15) is 10.5 Å². The highest BCUT2D eigenvalue weighted by Gasteiger charge is 2.20. The first kappa shape index (κ1) is 13.5. The van der Waals surface area contributed by atoms with Crippen LogP contribution in [0.15, 0.2) is 34.1 Å². The summed E-state index contributed by atoms with van der Waals surface area (Å²) in [6.07, 6.45) is 0.318. The number of nitrogens with one attached hydrogen (secondary N) is 1. The third kappa shape index (κ3) is 2.12. The molecule has 0 aliphatic carbocycles. The topological polar surface area (TPSA) is 49.9 Å². The first-order chi connectivity index (χ1) is 9.61. The molecule has 0 fully saturated rings. The van der Waals surface area contributed by atoms with E-state index in [4.69, 9.17) is 11.6 Å². The van der Waals surface area contributed by atoms with Crippen molar-refractivity contribution < 1.29 is 9.59 Å². The SMILES string of the molecule is O=CC(=O)c1[nH]c2cc(Br)c(Cl)cc2c1-c1cccs1. The Labute approximate surface area is 131 Å². The predicted molar refractivity (Wildman–Crippen MR) is 84.7 cm³/mol. The summed E-state index contributed by atoms with van der Waals surface area (Å²) < 4.78 is 0.732. The number of halogens is 2. The molecule has 0 saturated carbocycles. The van der Waals surface area contributed by atoms with E-state index in [2.05, 4.69) is 20.9 Å². The summed E-state index contributed by atoms with van der Waals surface area (Å²) in [5.74, 6) is -0.572. The van der Waals surface area contributed by atoms with Gasteiger partial charge in [0.05, 0.1) is 10.7 Å². The summed E-state index contributed by atoms with van der Waals surface area (Å²) in [6, 6.07) is 7.39. The van der Waals surface area contributed by atoms with Crippen LogP contribution in [-0.2, 0) is 4.79 Å². The first-order valence-electron chi connectivity index (χ1n) is 5.66. The fourth-order valence-electron chi connectivity index (χ4n) is 2.11. The zero-order chi connectivity index (χ0) is 14.3. The van der Waals surface area contributed by atoms with Gasteiger partial charge in [-0.25, -0.2) is 0 Å². The molecule has 100 valence electrons. The lowest BCUT2D eigenvalue weighted by molar-refractivity contribution is -0.104. The minimum atomic E-state index is -0.572. The lowest BCUT2D eigenvalue weighted by Gasteiger charge is -2.00. The zero-order valence-corrected chi connectivity index (χ0v) is 13.1. The number of aromatic amines is 1. The fraction of sp³-hybridized carbons (Fsp3) is 0. The maximum absolute atomic E-state index is 11.8. The Balaban J connectivity index is 2.41. The number of rotatable bonds is 3. The quantitative estimate of drug-likeness (QED) is 0.414. The third-order valence-corrected chi connectivity index (χ3v) is 5.04. The smallest absolute Gasteiger partial charge is 0.242 e. The van der Waals surface area contributed by atoms with Crippen LogP contribution in [0.2, 0.25) is 5.02 Å². The summed E-state index contributed by atoms with van der Waals surface area (Å²) in [6.45, 7) is 0. The minimum absolute atomic E-state index is 0.298. The standard InChI is InChI=1S/C14H7BrClNO2S/c15-8-5-10-7(4-9(8)16)13(12-2-1-3-20-12)14(17-10)11(19)6-18/h1-6,17H. The number of aldehydes is 1. The van der Waals surface area contributed by atoms with E-state index in [0.29, 0.717) is 17.0 Å². The molecule has 0 aliphatic heterocycles. The molecule has 1 N–H and O–H groups in total. The van der Waals surface area contributed by atoms with Crippen molar-refractivity contribution >= 4 is 61.8 Å². The average Bonchev–Trinajstić information content (AvgIpc) is 3.05. The predicted octanol–water partition coefficient (Wildman–Crippen LogP) is 4.69. The normalized spacial score (nSPS) is 10.9. The van der Waals surface area contributed by atoms with Crippen molar-refractivity contribution in [2.75, 3.05) is 0 Å². The number of hydrogen-bond acceptors (Lipinski definition) is 3. The van der Waals surface area contributed by atoms with Crippen molar-refractivity contribution in [2.45, 2.75) is 0 Å². The Morgan fingerprint density at radius 3 is 2.85 bits per heavy atom. The van der Waals surface area contributed by atoms with Crippen molar-refractivity contribution in [2.24, 2.45) is 0 Å². The Hall–Kier alpha value is -1.43. The lowest BCUT2D eigenvalue weighted by atomic mass is 10.1. The molecule has 3 nitrogen and oxygen atoms in total. The van der Waals surface area contributed by atoms with Crippen molar-refractivity contribution in [1.29, 1.82) is 0 Å². The van der Waals surface area contributed by atoms with Gasteiger partial charge >= 0.3 is 0 Å². The molecule has 3 rings (SSSR count). The summed E-state index contributed by atoms with van der Waals surface area (Å²) >= 11 is 11.0. The van der Waals surface area contributed by atoms with Gasteiger partial charge in [-0.3, -0.25) is 9.59 Å². The van der Waals surface area contributed by atoms with Crippen LogP contribution in [0.4, 0.5) is 0 Å². The van der Waals surface area contributed by atoms with Crippen LogP contribution in [0.5, 0.6) is 0 Å². The van der Waals surface area contributed by atoms with Crippen molar-refractivity contribution in [1.82, 2.24) is 4.98 Å². The van der Waals surface area contributed by atoms with E-state index in [9.17, 15) is 9.59 Å². The second kappa shape index (κ2) is 5.16. The van der Waals surface area contributed by atoms with Gasteiger partial charge in [0.2, 0.25) is 5.78 Å². The molecule has 1 aromatic carbocycles. The van der Waals surface area contributed by atoms with E-state index in [0.717, 1.165) is 25.8 Å². The van der Waals surface area contributed by atoms with Gasteiger partial charge < -0.3 is 4.98 Å². The molecule has 2 aromatic heterocycles. The van der Waals surface area contributed by atoms with E-state index in [-0.39, 0.29) is 0 Å². The Kier molecular flexibility index (Phi) is 3.50. The molecule has 0 bridgehead atoms. The molecular formula is C14H7BrClNO2S. The van der Waals surface area contributed by atoms with Gasteiger partial charge in [0.15, 0.2) is 6.29 Å². The summed E-state index contributed by atoms with van der Waals surface area (Å²) in [7, 11) is 0. The van der Waals surface area contributed by atoms with Gasteiger partial charge in [0.1, 0.15) is 0 Å². The minimum Gasteiger partial charge on any atom is -0.351 e. The van der Waals surface area contributed by atoms with E-state index in [1.807, 2.05) is 17.5 Å². The number of Topliss-reactive ketones (excluding diaryl/α,β-unsaturated/α-hetero) is 1. The number of hydrogen-bond donors (Lipinski definition) is 1. The van der Waals surface area contributed by atoms with Crippen LogP contribution >= 0.6 is 38.9 Å². The second-order valence-corrected chi connectivity index (χ2v) is 6.36.